The van der Waals surface area contributed by atoms with Gasteiger partial charge in [0.1, 0.15) is 5.78 Å². The van der Waals surface area contributed by atoms with E-state index in [-0.39, 0.29) is 11.5 Å². The second kappa shape index (κ2) is 5.07. The maximum absolute atomic E-state index is 11.8. The molecule has 96 valence electrons. The largest absolute Gasteiger partial charge is 0.449 e. The normalized spacial score (nSPS) is 28.1. The van der Waals surface area contributed by atoms with Crippen molar-refractivity contribution in [3.8, 4) is 0 Å². The summed E-state index contributed by atoms with van der Waals surface area (Å²) >= 11 is 0. The van der Waals surface area contributed by atoms with Gasteiger partial charge in [0, 0.05) is 25.9 Å². The van der Waals surface area contributed by atoms with Crippen LogP contribution >= 0.6 is 0 Å². The zero-order valence-corrected chi connectivity index (χ0v) is 10.5. The van der Waals surface area contributed by atoms with Crippen LogP contribution in [0, 0.1) is 5.41 Å². The number of rotatable bonds is 3. The number of amides is 1. The molecule has 2 rings (SSSR count). The molecule has 1 aliphatic heterocycles. The number of unbranched alkanes of at least 4 members (excludes halogenated alkanes) is 1. The molecule has 1 unspecified atom stereocenters. The highest BCUT2D eigenvalue weighted by atomic mass is 16.6. The van der Waals surface area contributed by atoms with E-state index >= 15 is 0 Å². The average molecular weight is 239 g/mol. The van der Waals surface area contributed by atoms with Crippen molar-refractivity contribution in [2.24, 2.45) is 5.41 Å². The first-order valence-electron chi connectivity index (χ1n) is 6.59. The van der Waals surface area contributed by atoms with Crippen LogP contribution in [0.4, 0.5) is 4.79 Å². The van der Waals surface area contributed by atoms with Crippen molar-refractivity contribution in [2.75, 3.05) is 19.7 Å². The van der Waals surface area contributed by atoms with E-state index in [0.29, 0.717) is 31.8 Å². The van der Waals surface area contributed by atoms with Crippen LogP contribution in [0.5, 0.6) is 0 Å². The van der Waals surface area contributed by atoms with Gasteiger partial charge >= 0.3 is 6.09 Å². The van der Waals surface area contributed by atoms with Crippen molar-refractivity contribution in [1.82, 2.24) is 4.90 Å². The van der Waals surface area contributed by atoms with Gasteiger partial charge in [0.15, 0.2) is 0 Å². The number of nitrogens with zero attached hydrogens (tertiary/aromatic N) is 1. The number of ether oxygens (including phenoxy) is 1. The Morgan fingerprint density at radius 1 is 1.47 bits per heavy atom. The molecule has 1 spiro atoms. The fourth-order valence-corrected chi connectivity index (χ4v) is 2.83. The van der Waals surface area contributed by atoms with Crippen molar-refractivity contribution in [1.29, 1.82) is 0 Å². The second-order valence-corrected chi connectivity index (χ2v) is 5.35. The van der Waals surface area contributed by atoms with Gasteiger partial charge in [-0.25, -0.2) is 4.79 Å². The van der Waals surface area contributed by atoms with Gasteiger partial charge in [-0.05, 0) is 24.7 Å². The van der Waals surface area contributed by atoms with E-state index in [2.05, 4.69) is 6.92 Å². The minimum absolute atomic E-state index is 0.0842. The van der Waals surface area contributed by atoms with E-state index in [9.17, 15) is 9.59 Å². The molecule has 1 saturated heterocycles. The minimum Gasteiger partial charge on any atom is -0.449 e. The van der Waals surface area contributed by atoms with Crippen LogP contribution in [0.1, 0.15) is 45.4 Å². The molecule has 0 aromatic rings. The summed E-state index contributed by atoms with van der Waals surface area (Å²) in [4.78, 5) is 24.9. The lowest BCUT2D eigenvalue weighted by molar-refractivity contribution is -0.118. The molecule has 0 radical (unpaired) electrons. The van der Waals surface area contributed by atoms with Crippen molar-refractivity contribution >= 4 is 11.9 Å². The van der Waals surface area contributed by atoms with Crippen LogP contribution in [-0.2, 0) is 9.53 Å². The minimum atomic E-state index is -0.199. The Kier molecular flexibility index (Phi) is 3.69. The number of ketones is 1. The Morgan fingerprint density at radius 2 is 2.29 bits per heavy atom. The molecule has 1 atom stereocenters. The molecule has 1 aliphatic carbocycles. The van der Waals surface area contributed by atoms with Gasteiger partial charge in [-0.2, -0.15) is 0 Å². The number of likely N-dealkylation sites (tertiary alicyclic amines) is 1. The summed E-state index contributed by atoms with van der Waals surface area (Å²) in [5, 5.41) is 0. The van der Waals surface area contributed by atoms with Crippen molar-refractivity contribution < 1.29 is 14.3 Å². The second-order valence-electron chi connectivity index (χ2n) is 5.35. The molecule has 1 amide bonds. The number of hydrogen-bond donors (Lipinski definition) is 0. The van der Waals surface area contributed by atoms with Gasteiger partial charge in [0.25, 0.3) is 0 Å². The van der Waals surface area contributed by atoms with E-state index < -0.39 is 0 Å². The Bertz CT molecular complexity index is 316. The van der Waals surface area contributed by atoms with E-state index in [1.807, 2.05) is 0 Å². The molecule has 0 aromatic carbocycles. The average Bonchev–Trinajstić information content (AvgIpc) is 2.87. The van der Waals surface area contributed by atoms with Gasteiger partial charge in [0.05, 0.1) is 6.61 Å². The Balaban J connectivity index is 1.81. The summed E-state index contributed by atoms with van der Waals surface area (Å²) in [6, 6.07) is 0. The number of Topliss-reactive ketones (excluding diaryl/α,β-unsaturated/α-hetero) is 1. The molecular weight excluding hydrogens is 218 g/mol. The molecule has 0 aromatic heterocycles. The topological polar surface area (TPSA) is 46.6 Å². The first-order valence-corrected chi connectivity index (χ1v) is 6.59. The molecule has 1 heterocycles. The van der Waals surface area contributed by atoms with Crippen LogP contribution in [-0.4, -0.2) is 36.5 Å². The quantitative estimate of drug-likeness (QED) is 0.710. The van der Waals surface area contributed by atoms with E-state index in [1.54, 1.807) is 4.90 Å². The summed E-state index contributed by atoms with van der Waals surface area (Å²) in [5.41, 5.74) is 0.0842. The highest BCUT2D eigenvalue weighted by Crippen LogP contribution is 2.43. The van der Waals surface area contributed by atoms with Gasteiger partial charge in [-0.3, -0.25) is 4.79 Å². The van der Waals surface area contributed by atoms with E-state index in [4.69, 9.17) is 4.74 Å². The van der Waals surface area contributed by atoms with Crippen LogP contribution in [0.2, 0.25) is 0 Å². The third-order valence-electron chi connectivity index (χ3n) is 3.93. The van der Waals surface area contributed by atoms with Crippen LogP contribution < -0.4 is 0 Å². The van der Waals surface area contributed by atoms with Gasteiger partial charge < -0.3 is 9.64 Å². The standard InChI is InChI=1S/C13H21NO3/c1-2-3-8-17-12(16)14-7-6-13(10-14)5-4-11(15)9-13/h2-10H2,1H3. The SMILES string of the molecule is CCCCOC(=O)N1CCC2(CCC(=O)C2)C1. The third-order valence-corrected chi connectivity index (χ3v) is 3.93. The Morgan fingerprint density at radius 3 is 2.94 bits per heavy atom. The molecule has 0 bridgehead atoms. The molecule has 17 heavy (non-hydrogen) atoms. The number of carbonyl (C=O) groups excluding carboxylic acids is 2. The number of hydrogen-bond acceptors (Lipinski definition) is 3. The Hall–Kier alpha value is -1.06. The summed E-state index contributed by atoms with van der Waals surface area (Å²) in [6.07, 6.45) is 5.01. The molecule has 1 saturated carbocycles. The fourth-order valence-electron chi connectivity index (χ4n) is 2.83. The van der Waals surface area contributed by atoms with Crippen LogP contribution in [0.25, 0.3) is 0 Å². The predicted octanol–water partition coefficient (Wildman–Crippen LogP) is 2.37. The summed E-state index contributed by atoms with van der Waals surface area (Å²) in [5.74, 6) is 0.353. The van der Waals surface area contributed by atoms with Crippen LogP contribution in [0.3, 0.4) is 0 Å². The lowest BCUT2D eigenvalue weighted by Crippen LogP contribution is -2.32. The van der Waals surface area contributed by atoms with Crippen molar-refractivity contribution in [3.63, 3.8) is 0 Å². The van der Waals surface area contributed by atoms with Gasteiger partial charge in [-0.1, -0.05) is 13.3 Å². The van der Waals surface area contributed by atoms with Gasteiger partial charge in [0.2, 0.25) is 0 Å². The molecule has 2 aliphatic rings. The van der Waals surface area contributed by atoms with E-state index in [1.165, 1.54) is 0 Å². The highest BCUT2D eigenvalue weighted by molar-refractivity contribution is 5.82. The van der Waals surface area contributed by atoms with Crippen molar-refractivity contribution in [3.05, 3.63) is 0 Å². The number of carbonyl (C=O) groups is 2. The maximum atomic E-state index is 11.8. The zero-order chi connectivity index (χ0) is 12.3. The first-order chi connectivity index (χ1) is 8.15. The molecule has 0 N–H and O–H groups in total. The summed E-state index contributed by atoms with van der Waals surface area (Å²) in [6.45, 7) is 4.04. The van der Waals surface area contributed by atoms with Gasteiger partial charge in [-0.15, -0.1) is 0 Å². The van der Waals surface area contributed by atoms with E-state index in [0.717, 1.165) is 32.2 Å². The smallest absolute Gasteiger partial charge is 0.409 e. The molecule has 4 nitrogen and oxygen atoms in total. The lowest BCUT2D eigenvalue weighted by atomic mass is 9.86. The zero-order valence-electron chi connectivity index (χ0n) is 10.5. The molecule has 4 heteroatoms. The maximum Gasteiger partial charge on any atom is 0.409 e. The lowest BCUT2D eigenvalue weighted by Gasteiger charge is -2.22. The first kappa shape index (κ1) is 12.4. The monoisotopic (exact) mass is 239 g/mol. The fraction of sp³-hybridized carbons (Fsp3) is 0.846. The highest BCUT2D eigenvalue weighted by Gasteiger charge is 2.45. The summed E-state index contributed by atoms with van der Waals surface area (Å²) in [7, 11) is 0. The molecular formula is C13H21NO3. The van der Waals surface area contributed by atoms with Crippen LogP contribution in [0.15, 0.2) is 0 Å². The third kappa shape index (κ3) is 2.79. The van der Waals surface area contributed by atoms with Crippen molar-refractivity contribution in [2.45, 2.75) is 45.4 Å². The molecule has 2 fully saturated rings. The predicted molar refractivity (Wildman–Crippen MR) is 63.7 cm³/mol. The Labute approximate surface area is 102 Å². The summed E-state index contributed by atoms with van der Waals surface area (Å²) < 4.78 is 5.20.